The van der Waals surface area contributed by atoms with Crippen LogP contribution in [0.25, 0.3) is 0 Å². The fourth-order valence-corrected chi connectivity index (χ4v) is 3.55. The van der Waals surface area contributed by atoms with Crippen LogP contribution in [0.4, 0.5) is 10.1 Å². The van der Waals surface area contributed by atoms with Gasteiger partial charge in [-0.1, -0.05) is 12.1 Å². The Hall–Kier alpha value is -2.45. The lowest BCUT2D eigenvalue weighted by molar-refractivity contribution is 0.102. The van der Waals surface area contributed by atoms with Gasteiger partial charge in [-0.2, -0.15) is 0 Å². The quantitative estimate of drug-likeness (QED) is 0.773. The van der Waals surface area contributed by atoms with E-state index in [1.807, 2.05) is 0 Å². The fourth-order valence-electron chi connectivity index (χ4n) is 2.27. The summed E-state index contributed by atoms with van der Waals surface area (Å²) in [4.78, 5) is 12.3. The van der Waals surface area contributed by atoms with E-state index in [0.717, 1.165) is 0 Å². The molecule has 0 unspecified atom stereocenters. The van der Waals surface area contributed by atoms with E-state index in [1.165, 1.54) is 42.5 Å². The highest BCUT2D eigenvalue weighted by Crippen LogP contribution is 2.28. The highest BCUT2D eigenvalue weighted by molar-refractivity contribution is 7.89. The van der Waals surface area contributed by atoms with Gasteiger partial charge in [-0.25, -0.2) is 17.5 Å². The van der Waals surface area contributed by atoms with E-state index in [2.05, 4.69) is 10.0 Å². The summed E-state index contributed by atoms with van der Waals surface area (Å²) < 4.78 is 46.4. The summed E-state index contributed by atoms with van der Waals surface area (Å²) >= 11 is 0. The second-order valence-electron chi connectivity index (χ2n) is 5.80. The molecule has 0 fully saturated rings. The summed E-state index contributed by atoms with van der Waals surface area (Å²) in [6.07, 6.45) is 0. The molecule has 140 valence electrons. The number of halogens is 1. The molecule has 2 rings (SSSR count). The lowest BCUT2D eigenvalue weighted by Crippen LogP contribution is -2.30. The van der Waals surface area contributed by atoms with Crippen molar-refractivity contribution in [2.75, 3.05) is 11.9 Å². The molecule has 1 amide bonds. The number of hydrogen-bond donors (Lipinski definition) is 2. The van der Waals surface area contributed by atoms with E-state index < -0.39 is 21.7 Å². The molecule has 26 heavy (non-hydrogen) atoms. The molecular formula is C18H21FN2O4S. The lowest BCUT2D eigenvalue weighted by Gasteiger charge is -2.15. The maximum atomic E-state index is 13.8. The SMILES string of the molecule is CCOc1ccc(S(=O)(=O)NC(C)C)cc1NC(=O)c1ccccc1F. The number of sulfonamides is 1. The normalized spacial score (nSPS) is 11.4. The topological polar surface area (TPSA) is 84.5 Å². The van der Waals surface area contributed by atoms with Gasteiger partial charge < -0.3 is 10.1 Å². The summed E-state index contributed by atoms with van der Waals surface area (Å²) in [5.41, 5.74) is -0.00440. The molecule has 0 aliphatic heterocycles. The standard InChI is InChI=1S/C18H21FN2O4S/c1-4-25-17-10-9-13(26(23,24)21-12(2)3)11-16(17)20-18(22)14-7-5-6-8-15(14)19/h5-12,21H,4H2,1-3H3,(H,20,22). The second-order valence-corrected chi connectivity index (χ2v) is 7.51. The molecule has 2 aromatic carbocycles. The van der Waals surface area contributed by atoms with Crippen molar-refractivity contribution in [2.24, 2.45) is 0 Å². The van der Waals surface area contributed by atoms with Gasteiger partial charge in [-0.3, -0.25) is 4.79 Å². The van der Waals surface area contributed by atoms with E-state index >= 15 is 0 Å². The molecule has 0 aliphatic carbocycles. The van der Waals surface area contributed by atoms with Gasteiger partial charge in [-0.15, -0.1) is 0 Å². The van der Waals surface area contributed by atoms with Crippen molar-refractivity contribution in [3.05, 3.63) is 53.8 Å². The van der Waals surface area contributed by atoms with E-state index in [-0.39, 0.29) is 22.2 Å². The Balaban J connectivity index is 2.40. The molecule has 2 aromatic rings. The molecule has 0 aromatic heterocycles. The van der Waals surface area contributed by atoms with Crippen molar-refractivity contribution in [1.29, 1.82) is 0 Å². The number of nitrogens with one attached hydrogen (secondary N) is 2. The predicted octanol–water partition coefficient (Wildman–Crippen LogP) is 3.16. The zero-order valence-electron chi connectivity index (χ0n) is 14.7. The number of rotatable bonds is 7. The van der Waals surface area contributed by atoms with Gasteiger partial charge in [0.2, 0.25) is 10.0 Å². The summed E-state index contributed by atoms with van der Waals surface area (Å²) in [7, 11) is -3.75. The van der Waals surface area contributed by atoms with Gasteiger partial charge in [0.05, 0.1) is 22.8 Å². The Kier molecular flexibility index (Phi) is 6.33. The van der Waals surface area contributed by atoms with Crippen molar-refractivity contribution in [3.8, 4) is 5.75 Å². The van der Waals surface area contributed by atoms with Crippen molar-refractivity contribution >= 4 is 21.6 Å². The maximum Gasteiger partial charge on any atom is 0.258 e. The van der Waals surface area contributed by atoms with Crippen LogP contribution < -0.4 is 14.8 Å². The van der Waals surface area contributed by atoms with Gasteiger partial charge in [0.1, 0.15) is 11.6 Å². The van der Waals surface area contributed by atoms with Crippen LogP contribution >= 0.6 is 0 Å². The number of amides is 1. The van der Waals surface area contributed by atoms with Crippen LogP contribution in [-0.2, 0) is 10.0 Å². The van der Waals surface area contributed by atoms with Gasteiger partial charge in [0.15, 0.2) is 0 Å². The number of ether oxygens (including phenoxy) is 1. The molecule has 0 heterocycles. The number of hydrogen-bond acceptors (Lipinski definition) is 4. The summed E-state index contributed by atoms with van der Waals surface area (Å²) in [5.74, 6) is -1.08. The molecule has 0 saturated heterocycles. The highest BCUT2D eigenvalue weighted by Gasteiger charge is 2.19. The summed E-state index contributed by atoms with van der Waals surface area (Å²) in [6.45, 7) is 5.48. The average molecular weight is 380 g/mol. The Labute approximate surface area is 152 Å². The number of carbonyl (C=O) groups is 1. The van der Waals surface area contributed by atoms with E-state index in [4.69, 9.17) is 4.74 Å². The first-order valence-corrected chi connectivity index (χ1v) is 9.58. The fraction of sp³-hybridized carbons (Fsp3) is 0.278. The molecule has 0 bridgehead atoms. The Morgan fingerprint density at radius 3 is 2.50 bits per heavy atom. The number of anilines is 1. The first-order chi connectivity index (χ1) is 12.2. The zero-order chi connectivity index (χ0) is 19.3. The van der Waals surface area contributed by atoms with Gasteiger partial charge in [-0.05, 0) is 51.1 Å². The van der Waals surface area contributed by atoms with Gasteiger partial charge >= 0.3 is 0 Å². The third-order valence-corrected chi connectivity index (χ3v) is 4.97. The van der Waals surface area contributed by atoms with Crippen LogP contribution in [-0.4, -0.2) is 27.0 Å². The lowest BCUT2D eigenvalue weighted by atomic mass is 10.2. The molecular weight excluding hydrogens is 359 g/mol. The van der Waals surface area contributed by atoms with Crippen molar-refractivity contribution in [2.45, 2.75) is 31.7 Å². The maximum absolute atomic E-state index is 13.8. The second kappa shape index (κ2) is 8.29. The molecule has 6 nitrogen and oxygen atoms in total. The van der Waals surface area contributed by atoms with Crippen LogP contribution in [0, 0.1) is 5.82 Å². The van der Waals surface area contributed by atoms with Crippen LogP contribution in [0.15, 0.2) is 47.4 Å². The average Bonchev–Trinajstić information content (AvgIpc) is 2.55. The molecule has 8 heteroatoms. The summed E-state index contributed by atoms with van der Waals surface area (Å²) in [6, 6.07) is 9.36. The van der Waals surface area contributed by atoms with Crippen molar-refractivity contribution < 1.29 is 22.3 Å². The summed E-state index contributed by atoms with van der Waals surface area (Å²) in [5, 5.41) is 2.52. The van der Waals surface area contributed by atoms with Crippen LogP contribution in [0.1, 0.15) is 31.1 Å². The molecule has 0 atom stereocenters. The van der Waals surface area contributed by atoms with E-state index in [9.17, 15) is 17.6 Å². The largest absolute Gasteiger partial charge is 0.492 e. The minimum Gasteiger partial charge on any atom is -0.492 e. The van der Waals surface area contributed by atoms with E-state index in [0.29, 0.717) is 12.4 Å². The first kappa shape index (κ1) is 19.9. The minimum atomic E-state index is -3.75. The molecule has 2 N–H and O–H groups in total. The monoisotopic (exact) mass is 380 g/mol. The number of benzene rings is 2. The zero-order valence-corrected chi connectivity index (χ0v) is 15.6. The third-order valence-electron chi connectivity index (χ3n) is 3.32. The van der Waals surface area contributed by atoms with E-state index in [1.54, 1.807) is 20.8 Å². The van der Waals surface area contributed by atoms with Crippen LogP contribution in [0.3, 0.4) is 0 Å². The Morgan fingerprint density at radius 1 is 1.19 bits per heavy atom. The number of carbonyl (C=O) groups excluding carboxylic acids is 1. The molecule has 0 radical (unpaired) electrons. The van der Waals surface area contributed by atoms with Gasteiger partial charge in [0, 0.05) is 6.04 Å². The van der Waals surface area contributed by atoms with Crippen LogP contribution in [0.2, 0.25) is 0 Å². The Bertz CT molecular complexity index is 898. The molecule has 0 spiro atoms. The minimum absolute atomic E-state index is 0.0292. The molecule has 0 aliphatic rings. The van der Waals surface area contributed by atoms with Gasteiger partial charge in [0.25, 0.3) is 5.91 Å². The highest BCUT2D eigenvalue weighted by atomic mass is 32.2. The van der Waals surface area contributed by atoms with Crippen LogP contribution in [0.5, 0.6) is 5.75 Å². The van der Waals surface area contributed by atoms with Crippen molar-refractivity contribution in [3.63, 3.8) is 0 Å². The third kappa shape index (κ3) is 4.80. The first-order valence-electron chi connectivity index (χ1n) is 8.09. The smallest absolute Gasteiger partial charge is 0.258 e. The molecule has 0 saturated carbocycles. The predicted molar refractivity (Wildman–Crippen MR) is 97.4 cm³/mol. The Morgan fingerprint density at radius 2 is 1.88 bits per heavy atom. The van der Waals surface area contributed by atoms with Crippen molar-refractivity contribution in [1.82, 2.24) is 4.72 Å².